The molecule has 2 aromatic carbocycles. The number of esters is 1. The first-order valence-corrected chi connectivity index (χ1v) is 6.95. The topological polar surface area (TPSA) is 55.8 Å². The molecular weight excluding hydrogens is 287 g/mol. The van der Waals surface area contributed by atoms with E-state index in [1.807, 2.05) is 0 Å². The van der Waals surface area contributed by atoms with Crippen LogP contribution in [0.15, 0.2) is 36.4 Å². The van der Waals surface area contributed by atoms with E-state index in [0.29, 0.717) is 29.7 Å². The summed E-state index contributed by atoms with van der Waals surface area (Å²) in [4.78, 5) is 11.5. The lowest BCUT2D eigenvalue weighted by atomic mass is 9.96. The third kappa shape index (κ3) is 2.62. The summed E-state index contributed by atoms with van der Waals surface area (Å²) < 4.78 is 24.5. The van der Waals surface area contributed by atoms with Gasteiger partial charge in [-0.05, 0) is 48.7 Å². The average Bonchev–Trinajstić information content (AvgIpc) is 2.53. The number of halogens is 1. The van der Waals surface area contributed by atoms with E-state index >= 15 is 0 Å². The zero-order chi connectivity index (χ0) is 15.7. The maximum Gasteiger partial charge on any atom is 0.337 e. The third-order valence-electron chi connectivity index (χ3n) is 3.76. The maximum absolute atomic E-state index is 13.9. The predicted molar refractivity (Wildman–Crippen MR) is 77.5 cm³/mol. The summed E-state index contributed by atoms with van der Waals surface area (Å²) in [5.74, 6) is -0.356. The fraction of sp³-hybridized carbons (Fsp3) is 0.235. The van der Waals surface area contributed by atoms with E-state index in [-0.39, 0.29) is 5.75 Å². The number of rotatable bonds is 2. The number of ether oxygens (including phenoxy) is 2. The molecule has 0 aliphatic carbocycles. The predicted octanol–water partition coefficient (Wildman–Crippen LogP) is 3.38. The van der Waals surface area contributed by atoms with Crippen molar-refractivity contribution in [3.63, 3.8) is 0 Å². The minimum atomic E-state index is -0.486. The van der Waals surface area contributed by atoms with Crippen LogP contribution in [0.2, 0.25) is 0 Å². The van der Waals surface area contributed by atoms with Gasteiger partial charge in [0.2, 0.25) is 0 Å². The molecule has 114 valence electrons. The van der Waals surface area contributed by atoms with Gasteiger partial charge < -0.3 is 14.6 Å². The second-order valence-corrected chi connectivity index (χ2v) is 5.17. The Morgan fingerprint density at radius 2 is 2.14 bits per heavy atom. The lowest BCUT2D eigenvalue weighted by molar-refractivity contribution is 0.0600. The Morgan fingerprint density at radius 1 is 1.32 bits per heavy atom. The molecule has 1 atom stereocenters. The lowest BCUT2D eigenvalue weighted by Crippen LogP contribution is -2.17. The van der Waals surface area contributed by atoms with Gasteiger partial charge in [0.05, 0.1) is 12.7 Å². The molecule has 1 unspecified atom stereocenters. The van der Waals surface area contributed by atoms with Crippen LogP contribution >= 0.6 is 0 Å². The smallest absolute Gasteiger partial charge is 0.337 e. The van der Waals surface area contributed by atoms with Crippen molar-refractivity contribution >= 4 is 5.97 Å². The highest BCUT2D eigenvalue weighted by Crippen LogP contribution is 2.36. The maximum atomic E-state index is 13.9. The number of hydrogen-bond donors (Lipinski definition) is 1. The Kier molecular flexibility index (Phi) is 3.71. The highest BCUT2D eigenvalue weighted by Gasteiger charge is 2.24. The van der Waals surface area contributed by atoms with Gasteiger partial charge >= 0.3 is 5.97 Å². The van der Waals surface area contributed by atoms with Gasteiger partial charge in [-0.2, -0.15) is 0 Å². The fourth-order valence-electron chi connectivity index (χ4n) is 2.63. The molecular formula is C17H15FO4. The van der Waals surface area contributed by atoms with Gasteiger partial charge in [-0.3, -0.25) is 0 Å². The number of carbonyl (C=O) groups excluding carboxylic acids is 1. The van der Waals surface area contributed by atoms with E-state index < -0.39 is 17.9 Å². The van der Waals surface area contributed by atoms with Crippen LogP contribution in [0.25, 0.3) is 0 Å². The fourth-order valence-corrected chi connectivity index (χ4v) is 2.63. The summed E-state index contributed by atoms with van der Waals surface area (Å²) in [6, 6.07) is 9.12. The Hall–Kier alpha value is -2.56. The molecule has 2 aromatic rings. The number of benzene rings is 2. The van der Waals surface area contributed by atoms with Gasteiger partial charge in [-0.15, -0.1) is 0 Å². The number of hydrogen-bond acceptors (Lipinski definition) is 4. The van der Waals surface area contributed by atoms with Gasteiger partial charge in [0, 0.05) is 11.6 Å². The van der Waals surface area contributed by atoms with Crippen molar-refractivity contribution in [2.24, 2.45) is 0 Å². The zero-order valence-corrected chi connectivity index (χ0v) is 12.0. The summed E-state index contributed by atoms with van der Waals surface area (Å²) in [5.41, 5.74) is 1.79. The monoisotopic (exact) mass is 302 g/mol. The number of phenolic OH excluding ortho intramolecular Hbond substituents is 1. The molecule has 0 radical (unpaired) electrons. The largest absolute Gasteiger partial charge is 0.508 e. The second-order valence-electron chi connectivity index (χ2n) is 5.17. The van der Waals surface area contributed by atoms with Gasteiger partial charge in [0.1, 0.15) is 23.4 Å². The van der Waals surface area contributed by atoms with E-state index in [1.165, 1.54) is 19.2 Å². The van der Waals surface area contributed by atoms with Gasteiger partial charge in [0.15, 0.2) is 0 Å². The number of fused-ring (bicyclic) bond motifs is 1. The van der Waals surface area contributed by atoms with Crippen molar-refractivity contribution in [3.05, 3.63) is 58.9 Å². The summed E-state index contributed by atoms with van der Waals surface area (Å²) in [5, 5.41) is 9.27. The number of phenols is 1. The summed E-state index contributed by atoms with van der Waals surface area (Å²) in [6.45, 7) is 0. The van der Waals surface area contributed by atoms with E-state index in [1.54, 1.807) is 18.2 Å². The molecule has 22 heavy (non-hydrogen) atoms. The standard InChI is InChI=1S/C17H15FO4/c1-21-17(20)11-3-6-15-10(8-11)2-7-16(22-15)13-5-4-12(19)9-14(13)18/h3-6,8-9,16,19H,2,7H2,1H3. The average molecular weight is 302 g/mol. The molecule has 0 bridgehead atoms. The van der Waals surface area contributed by atoms with Gasteiger partial charge in [-0.25, -0.2) is 9.18 Å². The van der Waals surface area contributed by atoms with Crippen LogP contribution in [0.1, 0.15) is 34.0 Å². The lowest BCUT2D eigenvalue weighted by Gasteiger charge is -2.27. The number of aromatic hydroxyl groups is 1. The Balaban J connectivity index is 1.86. The first kappa shape index (κ1) is 14.4. The third-order valence-corrected chi connectivity index (χ3v) is 3.76. The molecule has 0 saturated carbocycles. The van der Waals surface area contributed by atoms with Gasteiger partial charge in [-0.1, -0.05) is 0 Å². The zero-order valence-electron chi connectivity index (χ0n) is 12.0. The van der Waals surface area contributed by atoms with E-state index in [0.717, 1.165) is 11.6 Å². The van der Waals surface area contributed by atoms with E-state index in [9.17, 15) is 14.3 Å². The Labute approximate surface area is 127 Å². The SMILES string of the molecule is COC(=O)c1ccc2c(c1)CCC(c1ccc(O)cc1F)O2. The normalized spacial score (nSPS) is 16.5. The quantitative estimate of drug-likeness (QED) is 0.864. The van der Waals surface area contributed by atoms with Crippen molar-refractivity contribution < 1.29 is 23.8 Å². The highest BCUT2D eigenvalue weighted by atomic mass is 19.1. The Morgan fingerprint density at radius 3 is 2.86 bits per heavy atom. The van der Waals surface area contributed by atoms with Crippen molar-refractivity contribution in [3.8, 4) is 11.5 Å². The highest BCUT2D eigenvalue weighted by molar-refractivity contribution is 5.89. The molecule has 5 heteroatoms. The van der Waals surface area contributed by atoms with Crippen LogP contribution in [0.4, 0.5) is 4.39 Å². The van der Waals surface area contributed by atoms with Crippen LogP contribution in [-0.4, -0.2) is 18.2 Å². The van der Waals surface area contributed by atoms with E-state index in [2.05, 4.69) is 0 Å². The van der Waals surface area contributed by atoms with Crippen LogP contribution in [-0.2, 0) is 11.2 Å². The first-order valence-electron chi connectivity index (χ1n) is 6.95. The van der Waals surface area contributed by atoms with Crippen LogP contribution in [0.3, 0.4) is 0 Å². The Bertz CT molecular complexity index is 727. The van der Waals surface area contributed by atoms with Crippen molar-refractivity contribution in [2.45, 2.75) is 18.9 Å². The molecule has 1 N–H and O–H groups in total. The molecule has 0 amide bonds. The first-order chi connectivity index (χ1) is 10.6. The van der Waals surface area contributed by atoms with Crippen LogP contribution in [0, 0.1) is 5.82 Å². The minimum Gasteiger partial charge on any atom is -0.508 e. The number of carbonyl (C=O) groups is 1. The summed E-state index contributed by atoms with van der Waals surface area (Å²) in [7, 11) is 1.34. The number of aryl methyl sites for hydroxylation is 1. The second kappa shape index (κ2) is 5.67. The van der Waals surface area contributed by atoms with Crippen LogP contribution in [0.5, 0.6) is 11.5 Å². The molecule has 3 rings (SSSR count). The molecule has 1 aliphatic heterocycles. The van der Waals surface area contributed by atoms with Crippen LogP contribution < -0.4 is 4.74 Å². The molecule has 0 fully saturated rings. The molecule has 0 saturated heterocycles. The molecule has 0 aromatic heterocycles. The molecule has 4 nitrogen and oxygen atoms in total. The molecule has 0 spiro atoms. The summed E-state index contributed by atoms with van der Waals surface area (Å²) in [6.07, 6.45) is 0.863. The number of methoxy groups -OCH3 is 1. The van der Waals surface area contributed by atoms with Crippen molar-refractivity contribution in [2.75, 3.05) is 7.11 Å². The molecule has 1 aliphatic rings. The van der Waals surface area contributed by atoms with E-state index in [4.69, 9.17) is 9.47 Å². The summed E-state index contributed by atoms with van der Waals surface area (Å²) >= 11 is 0. The van der Waals surface area contributed by atoms with Gasteiger partial charge in [0.25, 0.3) is 0 Å². The molecule has 1 heterocycles. The van der Waals surface area contributed by atoms with Crippen molar-refractivity contribution in [1.29, 1.82) is 0 Å². The minimum absolute atomic E-state index is 0.111. The van der Waals surface area contributed by atoms with Crippen molar-refractivity contribution in [1.82, 2.24) is 0 Å².